The van der Waals surface area contributed by atoms with Crippen molar-refractivity contribution in [2.75, 3.05) is 216 Å². The van der Waals surface area contributed by atoms with Crippen molar-refractivity contribution >= 4 is 104 Å². The summed E-state index contributed by atoms with van der Waals surface area (Å²) in [6, 6.07) is 58.2. The molecule has 3 saturated carbocycles. The standard InChI is InChI=1S/2C21H27OS.C20H29OS.C17H28N3.2C12H26N3.C12H13S2.C6H5NO2/c2*1-2-8-17(9-3-1)16-22-20-12-13-21(23-14-6-7-15-23)19-11-5-4-10-18(19)20;1-20(2,22-14-6-7-15-22)19(21)18-12-10-17(11-13-18)16-8-4-3-5-9-16;1-2-18-11-7-4-8-12-19-13-15-20(16-14-19)17-9-5-3-6-10-17;2*1-3-13-7-5-4-6-8-15-11-9-14(2)10-12-15;1-2-6-11-10(5-1)12(9-13-11)14-7-3-4-8-14;8-6(9)5-2-1-3-7-4-5/h2*4-5,10-13,17H,1-3,6-9,14-16H2;10-13,16H,3-9,14-15H2,1-2H3;3,5-6,9-10H,2,4,7-8,11-16H2,1H3;2*3-12H2,1-2H3;1-2,5-6,9H,3-4,7-8H2;1-4H,(H,8,9)/q3*+1;3*-1;+1;. The van der Waals surface area contributed by atoms with Crippen molar-refractivity contribution in [2.45, 2.75) is 265 Å². The lowest BCUT2D eigenvalue weighted by Gasteiger charge is -2.36. The molecule has 141 heavy (non-hydrogen) atoms. The highest BCUT2D eigenvalue weighted by Crippen LogP contribution is 2.41. The molecule has 774 valence electrons. The third kappa shape index (κ3) is 39.1. The van der Waals surface area contributed by atoms with Gasteiger partial charge in [0.1, 0.15) is 57.5 Å². The van der Waals surface area contributed by atoms with E-state index in [0.717, 1.165) is 100 Å². The van der Waals surface area contributed by atoms with Gasteiger partial charge in [-0.15, -0.1) is 31.0 Å². The molecule has 3 aliphatic carbocycles. The molecule has 0 spiro atoms. The summed E-state index contributed by atoms with van der Waals surface area (Å²) in [6.07, 6.45) is 46.3. The van der Waals surface area contributed by atoms with Crippen LogP contribution in [0.4, 0.5) is 5.69 Å². The van der Waals surface area contributed by atoms with Gasteiger partial charge in [0.05, 0.1) is 18.8 Å². The van der Waals surface area contributed by atoms with Gasteiger partial charge < -0.3 is 55.0 Å². The second-order valence-corrected chi connectivity index (χ2v) is 51.6. The number of carboxylic acid groups (broad SMARTS) is 1. The Morgan fingerprint density at radius 2 is 0.794 bits per heavy atom. The number of ketones is 1. The molecular weight excluding hydrogens is 1830 g/mol. The number of carboxylic acids is 1. The summed E-state index contributed by atoms with van der Waals surface area (Å²) in [7, 11) is 6.20. The highest BCUT2D eigenvalue weighted by atomic mass is 32.2. The second-order valence-electron chi connectivity index (χ2n) is 41.1. The van der Waals surface area contributed by atoms with E-state index in [9.17, 15) is 9.59 Å². The molecule has 20 heteroatoms. The van der Waals surface area contributed by atoms with Crippen LogP contribution >= 0.6 is 11.3 Å². The fraction of sp³-hybridized carbons (Fsp3) is 0.612. The molecule has 1 N–H and O–H groups in total. The normalized spacial score (nSPS) is 18.8. The topological polar surface area (TPSA) is 147 Å². The molecule has 7 saturated heterocycles. The molecule has 10 fully saturated rings. The molecule has 9 heterocycles. The van der Waals surface area contributed by atoms with E-state index in [-0.39, 0.29) is 21.2 Å². The monoisotopic (exact) mass is 2010 g/mol. The highest BCUT2D eigenvalue weighted by Gasteiger charge is 2.47. The number of anilines is 1. The average molecular weight is 2020 g/mol. The van der Waals surface area contributed by atoms with Crippen LogP contribution in [0.2, 0.25) is 0 Å². The van der Waals surface area contributed by atoms with E-state index in [2.05, 4.69) is 256 Å². The molecule has 0 bridgehead atoms. The number of benzene rings is 7. The molecule has 15 nitrogen and oxygen atoms in total. The number of carbonyl (C=O) groups is 2. The fourth-order valence-corrected chi connectivity index (χ4v) is 32.9. The average Bonchev–Trinajstić information content (AvgIpc) is 1.48. The Morgan fingerprint density at radius 3 is 1.21 bits per heavy atom. The third-order valence-electron chi connectivity index (χ3n) is 30.2. The Labute approximate surface area is 869 Å². The number of piperazine rings is 3. The van der Waals surface area contributed by atoms with Gasteiger partial charge in [-0.3, -0.25) is 14.7 Å². The first kappa shape index (κ1) is 114. The number of nitrogens with zero attached hydrogens (tertiary/aromatic N) is 10. The number of likely N-dealkylation sites (N-methyl/N-ethyl adjacent to an activating group) is 2. The quantitative estimate of drug-likeness (QED) is 0.0226. The van der Waals surface area contributed by atoms with E-state index in [1.54, 1.807) is 20.8 Å². The van der Waals surface area contributed by atoms with Crippen LogP contribution in [0, 0.1) is 11.8 Å². The number of thiophene rings is 1. The SMILES string of the molecule is CC(C)(C(=O)c1ccc(C2CCCCC2)cc1)[S+]1CCCC1.CC[N-]CCCCCN1CCN(C)CC1.CC[N-]CCCCCN1CCN(C)CC1.CC[N-]CCCCCN1CCN(c2ccccc2)CC1.O=C(O)c1cccnc1.c1ccc2c([S+]3CCCC3)ccc(OCC3CCCCC3)c2c1.c1ccc2c([S+]3CCCC3)ccc(OCC3CCCCC3)c2c1.c1ccc2c([S+]3CCCC3)csc2c1. The number of rotatable bonds is 36. The fourth-order valence-electron chi connectivity index (χ4n) is 21.3. The highest BCUT2D eigenvalue weighted by molar-refractivity contribution is 7.99. The minimum Gasteiger partial charge on any atom is -0.662 e. The van der Waals surface area contributed by atoms with Gasteiger partial charge in [-0.25, -0.2) is 4.79 Å². The lowest BCUT2D eigenvalue weighted by Crippen LogP contribution is -2.46. The molecule has 19 rings (SSSR count). The van der Waals surface area contributed by atoms with Crippen LogP contribution in [0.3, 0.4) is 0 Å². The molecule has 0 atom stereocenters. The van der Waals surface area contributed by atoms with Crippen LogP contribution in [0.25, 0.3) is 47.6 Å². The van der Waals surface area contributed by atoms with Crippen molar-refractivity contribution in [1.29, 1.82) is 0 Å². The number of aromatic carboxylic acids is 1. The number of fused-ring (bicyclic) bond motifs is 3. The van der Waals surface area contributed by atoms with Crippen LogP contribution in [0.15, 0.2) is 196 Å². The first-order valence-electron chi connectivity index (χ1n) is 55.7. The van der Waals surface area contributed by atoms with Gasteiger partial charge in [0, 0.05) is 183 Å². The van der Waals surface area contributed by atoms with Gasteiger partial charge in [-0.1, -0.05) is 208 Å². The first-order valence-corrected chi connectivity index (χ1v) is 62.8. The van der Waals surface area contributed by atoms with E-state index in [1.165, 1.54) is 398 Å². The van der Waals surface area contributed by atoms with Gasteiger partial charge in [-0.2, -0.15) is 19.6 Å². The van der Waals surface area contributed by atoms with Crippen LogP contribution in [-0.4, -0.2) is 262 Å². The van der Waals surface area contributed by atoms with Crippen molar-refractivity contribution in [3.8, 4) is 11.5 Å². The molecule has 10 aliphatic rings. The Hall–Kier alpha value is -6.21. The van der Waals surface area contributed by atoms with E-state index >= 15 is 0 Å². The summed E-state index contributed by atoms with van der Waals surface area (Å²) in [5, 5.41) is 30.8. The van der Waals surface area contributed by atoms with Gasteiger partial charge >= 0.3 is 5.97 Å². The predicted octanol–water partition coefficient (Wildman–Crippen LogP) is 27.7. The number of hydrogen-bond donors (Lipinski definition) is 1. The minimum atomic E-state index is -0.942. The smallest absolute Gasteiger partial charge is 0.337 e. The largest absolute Gasteiger partial charge is 0.662 e. The van der Waals surface area contributed by atoms with Crippen molar-refractivity contribution in [1.82, 2.24) is 29.5 Å². The first-order chi connectivity index (χ1) is 69.2. The zero-order chi connectivity index (χ0) is 98.5. The third-order valence-corrected chi connectivity index (χ3v) is 42.2. The predicted molar refractivity (Wildman–Crippen MR) is 617 cm³/mol. The van der Waals surface area contributed by atoms with Crippen molar-refractivity contribution in [2.24, 2.45) is 11.8 Å². The lowest BCUT2D eigenvalue weighted by atomic mass is 9.83. The van der Waals surface area contributed by atoms with Gasteiger partial charge in [0.2, 0.25) is 5.78 Å². The molecule has 0 amide bonds. The summed E-state index contributed by atoms with van der Waals surface area (Å²) >= 11 is 1.91. The Balaban J connectivity index is 0.000000146. The van der Waals surface area contributed by atoms with Crippen molar-refractivity contribution in [3.05, 3.63) is 214 Å². The Morgan fingerprint density at radius 1 is 0.397 bits per heavy atom. The maximum Gasteiger partial charge on any atom is 0.337 e. The molecule has 9 aromatic rings. The van der Waals surface area contributed by atoms with Crippen LogP contribution in [0.5, 0.6) is 11.5 Å². The number of ether oxygens (including phenoxy) is 2. The van der Waals surface area contributed by atoms with E-state index in [1.807, 2.05) is 11.3 Å². The summed E-state index contributed by atoms with van der Waals surface area (Å²) in [4.78, 5) is 46.6. The maximum absolute atomic E-state index is 12.9. The lowest BCUT2D eigenvalue weighted by molar-refractivity contribution is 0.0696. The Kier molecular flexibility index (Phi) is 52.7. The summed E-state index contributed by atoms with van der Waals surface area (Å²) in [6.45, 7) is 37.2. The molecule has 0 radical (unpaired) electrons. The summed E-state index contributed by atoms with van der Waals surface area (Å²) in [5.74, 6) is 14.7. The molecule has 0 unspecified atom stereocenters. The number of Topliss-reactive ketones (excluding diaryl/α,β-unsaturated/α-hetero) is 1. The molecule has 2 aromatic heterocycles. The van der Waals surface area contributed by atoms with Crippen LogP contribution in [0.1, 0.15) is 272 Å². The number of pyridine rings is 1. The van der Waals surface area contributed by atoms with E-state index in [0.29, 0.717) is 38.5 Å². The van der Waals surface area contributed by atoms with Crippen LogP contribution in [-0.2, 0) is 43.6 Å². The minimum absolute atomic E-state index is 0.178. The second kappa shape index (κ2) is 65.5. The Bertz CT molecular complexity index is 4700. The number of aromatic nitrogens is 1. The van der Waals surface area contributed by atoms with Gasteiger partial charge in [0.15, 0.2) is 19.4 Å². The number of carbonyl (C=O) groups excluding carboxylic acids is 1. The van der Waals surface area contributed by atoms with Crippen LogP contribution < -0.4 is 14.4 Å². The zero-order valence-electron chi connectivity index (χ0n) is 88.2. The summed E-state index contributed by atoms with van der Waals surface area (Å²) < 4.78 is 13.8. The van der Waals surface area contributed by atoms with E-state index < -0.39 is 5.97 Å². The van der Waals surface area contributed by atoms with Gasteiger partial charge in [0.25, 0.3) is 0 Å². The maximum atomic E-state index is 12.9. The molecule has 7 aromatic carbocycles. The van der Waals surface area contributed by atoms with Crippen molar-refractivity contribution < 1.29 is 24.2 Å². The number of unbranched alkanes of at least 4 members (excludes halogenated alkanes) is 6. The molecular formula is C121H181N10O5S5+. The number of para-hydroxylation sites is 1. The molecule has 7 aliphatic heterocycles. The van der Waals surface area contributed by atoms with E-state index in [4.69, 9.17) is 14.6 Å². The van der Waals surface area contributed by atoms with Crippen molar-refractivity contribution in [3.63, 3.8) is 0 Å². The zero-order valence-corrected chi connectivity index (χ0v) is 92.3. The summed E-state index contributed by atoms with van der Waals surface area (Å²) in [5.41, 5.74) is 3.95. The van der Waals surface area contributed by atoms with Gasteiger partial charge in [-0.05, 0) is 253 Å². The number of hydrogen-bond acceptors (Lipinski definition) is 12.